The maximum Gasteiger partial charge on any atom is 0.253 e. The van der Waals surface area contributed by atoms with Crippen LogP contribution in [0.4, 0.5) is 5.69 Å². The average molecular weight is 587 g/mol. The SMILES string of the molecule is C=CCn1c(SCC(=O)Nc2cc(Cl)ccc2Cl)nnc1[C@@H](NC(=O)c1ccc(Cl)cc1Cl)C(C)C. The number of halogens is 4. The second kappa shape index (κ2) is 12.8. The normalized spacial score (nSPS) is 11.9. The van der Waals surface area contributed by atoms with Crippen LogP contribution in [0.5, 0.6) is 0 Å². The summed E-state index contributed by atoms with van der Waals surface area (Å²) in [6.45, 7) is 8.10. The summed E-state index contributed by atoms with van der Waals surface area (Å²) >= 11 is 25.5. The van der Waals surface area contributed by atoms with Crippen LogP contribution in [0, 0.1) is 5.92 Å². The predicted octanol–water partition coefficient (Wildman–Crippen LogP) is 6.94. The van der Waals surface area contributed by atoms with Gasteiger partial charge >= 0.3 is 0 Å². The first-order valence-corrected chi connectivity index (χ1v) is 13.3. The summed E-state index contributed by atoms with van der Waals surface area (Å²) in [6, 6.07) is 9.02. The van der Waals surface area contributed by atoms with Crippen LogP contribution < -0.4 is 10.6 Å². The van der Waals surface area contributed by atoms with Crippen molar-refractivity contribution in [3.05, 3.63) is 80.5 Å². The molecule has 0 aliphatic carbocycles. The fourth-order valence-corrected chi connectivity index (χ4v) is 4.86. The van der Waals surface area contributed by atoms with E-state index in [1.807, 2.05) is 18.4 Å². The summed E-state index contributed by atoms with van der Waals surface area (Å²) in [7, 11) is 0. The second-order valence-corrected chi connectivity index (χ2v) is 10.7. The second-order valence-electron chi connectivity index (χ2n) is 8.02. The monoisotopic (exact) mass is 585 g/mol. The standard InChI is InChI=1S/C24H23Cl4N5O2S/c1-4-9-33-22(21(13(2)3)30-23(35)16-7-5-14(25)10-18(16)28)31-32-24(33)36-12-20(34)29-19-11-15(26)6-8-17(19)27/h4-8,10-11,13,21H,1,9,12H2,2-3H3,(H,29,34)(H,30,35)/t21-/m0/s1. The molecule has 190 valence electrons. The van der Waals surface area contributed by atoms with Gasteiger partial charge in [-0.1, -0.05) is 78.1 Å². The number of aromatic nitrogens is 3. The molecule has 2 amide bonds. The lowest BCUT2D eigenvalue weighted by atomic mass is 10.0. The Morgan fingerprint density at radius 3 is 2.42 bits per heavy atom. The van der Waals surface area contributed by atoms with Gasteiger partial charge in [0.1, 0.15) is 0 Å². The van der Waals surface area contributed by atoms with E-state index in [0.717, 1.165) is 0 Å². The summed E-state index contributed by atoms with van der Waals surface area (Å²) in [4.78, 5) is 25.5. The maximum absolute atomic E-state index is 13.0. The van der Waals surface area contributed by atoms with Gasteiger partial charge in [0.2, 0.25) is 5.91 Å². The van der Waals surface area contributed by atoms with Gasteiger partial charge in [0.15, 0.2) is 11.0 Å². The van der Waals surface area contributed by atoms with Gasteiger partial charge in [-0.05, 0) is 42.3 Å². The molecule has 0 saturated carbocycles. The first kappa shape index (κ1) is 28.3. The van der Waals surface area contributed by atoms with Gasteiger partial charge in [-0.2, -0.15) is 0 Å². The predicted molar refractivity (Wildman–Crippen MR) is 148 cm³/mol. The van der Waals surface area contributed by atoms with Crippen LogP contribution in [-0.2, 0) is 11.3 Å². The van der Waals surface area contributed by atoms with Crippen LogP contribution in [0.15, 0.2) is 54.2 Å². The number of carbonyl (C=O) groups excluding carboxylic acids is 2. The molecule has 0 unspecified atom stereocenters. The van der Waals surface area contributed by atoms with Crippen LogP contribution in [-0.4, -0.2) is 32.3 Å². The fraction of sp³-hybridized carbons (Fsp3) is 0.250. The largest absolute Gasteiger partial charge is 0.342 e. The minimum atomic E-state index is -0.481. The highest BCUT2D eigenvalue weighted by atomic mass is 35.5. The highest BCUT2D eigenvalue weighted by Gasteiger charge is 2.27. The van der Waals surface area contributed by atoms with Crippen LogP contribution in [0.1, 0.15) is 36.1 Å². The molecular weight excluding hydrogens is 564 g/mol. The number of amides is 2. The molecule has 1 heterocycles. The van der Waals surface area contributed by atoms with Gasteiger partial charge in [-0.3, -0.25) is 9.59 Å². The summed E-state index contributed by atoms with van der Waals surface area (Å²) < 4.78 is 1.81. The Morgan fingerprint density at radius 1 is 1.06 bits per heavy atom. The molecule has 3 aromatic rings. The number of nitrogens with one attached hydrogen (secondary N) is 2. The number of hydrogen-bond donors (Lipinski definition) is 2. The third kappa shape index (κ3) is 7.17. The molecule has 3 rings (SSSR count). The van der Waals surface area contributed by atoms with E-state index in [9.17, 15) is 9.59 Å². The summed E-state index contributed by atoms with van der Waals surface area (Å²) in [5.74, 6) is -0.0968. The number of thioether (sulfide) groups is 1. The van der Waals surface area contributed by atoms with Gasteiger partial charge in [-0.15, -0.1) is 16.8 Å². The first-order valence-electron chi connectivity index (χ1n) is 10.8. The van der Waals surface area contributed by atoms with Crippen LogP contribution in [0.25, 0.3) is 0 Å². The molecule has 0 spiro atoms. The molecule has 2 N–H and O–H groups in total. The van der Waals surface area contributed by atoms with Crippen molar-refractivity contribution in [2.75, 3.05) is 11.1 Å². The third-order valence-electron chi connectivity index (χ3n) is 5.00. The van der Waals surface area contributed by atoms with E-state index in [1.54, 1.807) is 36.4 Å². The van der Waals surface area contributed by atoms with Gasteiger partial charge in [-0.25, -0.2) is 0 Å². The topological polar surface area (TPSA) is 88.9 Å². The number of allylic oxidation sites excluding steroid dienone is 1. The number of carbonyl (C=O) groups is 2. The van der Waals surface area contributed by atoms with Crippen molar-refractivity contribution in [1.29, 1.82) is 0 Å². The molecule has 2 aromatic carbocycles. The Kier molecular flexibility index (Phi) is 10.1. The number of rotatable bonds is 10. The Hall–Kier alpha value is -2.23. The zero-order valence-electron chi connectivity index (χ0n) is 19.4. The van der Waals surface area contributed by atoms with E-state index >= 15 is 0 Å². The van der Waals surface area contributed by atoms with Gasteiger partial charge in [0.25, 0.3) is 5.91 Å². The summed E-state index contributed by atoms with van der Waals surface area (Å²) in [6.07, 6.45) is 1.69. The van der Waals surface area contributed by atoms with Crippen molar-refractivity contribution in [3.63, 3.8) is 0 Å². The van der Waals surface area contributed by atoms with Gasteiger partial charge in [0, 0.05) is 16.6 Å². The van der Waals surface area contributed by atoms with E-state index in [1.165, 1.54) is 17.8 Å². The number of benzene rings is 2. The van der Waals surface area contributed by atoms with Gasteiger partial charge in [0.05, 0.1) is 33.1 Å². The Balaban J connectivity index is 1.78. The van der Waals surface area contributed by atoms with Crippen molar-refractivity contribution < 1.29 is 9.59 Å². The molecule has 1 aromatic heterocycles. The molecule has 0 saturated heterocycles. The Labute approximate surface area is 233 Å². The van der Waals surface area contributed by atoms with Crippen LogP contribution >= 0.6 is 58.2 Å². The van der Waals surface area contributed by atoms with E-state index in [4.69, 9.17) is 46.4 Å². The number of anilines is 1. The first-order chi connectivity index (χ1) is 17.1. The molecule has 0 aliphatic heterocycles. The van der Waals surface area contributed by atoms with Crippen molar-refractivity contribution in [2.45, 2.75) is 31.6 Å². The third-order valence-corrected chi connectivity index (χ3v) is 7.08. The molecule has 0 fully saturated rings. The smallest absolute Gasteiger partial charge is 0.253 e. The summed E-state index contributed by atoms with van der Waals surface area (Å²) in [5, 5.41) is 16.4. The average Bonchev–Trinajstić information content (AvgIpc) is 3.20. The van der Waals surface area contributed by atoms with Crippen molar-refractivity contribution in [2.24, 2.45) is 5.92 Å². The molecule has 0 bridgehead atoms. The van der Waals surface area contributed by atoms with E-state index in [0.29, 0.717) is 43.8 Å². The molecular formula is C24H23Cl4N5O2S. The minimum Gasteiger partial charge on any atom is -0.342 e. The fourth-order valence-electron chi connectivity index (χ4n) is 3.27. The zero-order valence-corrected chi connectivity index (χ0v) is 23.2. The molecule has 7 nitrogen and oxygen atoms in total. The van der Waals surface area contributed by atoms with Crippen molar-refractivity contribution >= 4 is 75.7 Å². The van der Waals surface area contributed by atoms with Gasteiger partial charge < -0.3 is 15.2 Å². The van der Waals surface area contributed by atoms with E-state index in [2.05, 4.69) is 27.4 Å². The van der Waals surface area contributed by atoms with E-state index in [-0.39, 0.29) is 28.5 Å². The quantitative estimate of drug-likeness (QED) is 0.198. The Bertz CT molecular complexity index is 1280. The molecule has 0 aliphatic rings. The molecule has 36 heavy (non-hydrogen) atoms. The molecule has 1 atom stereocenters. The highest BCUT2D eigenvalue weighted by molar-refractivity contribution is 7.99. The minimum absolute atomic E-state index is 0.0288. The molecule has 12 heteroatoms. The van der Waals surface area contributed by atoms with E-state index < -0.39 is 6.04 Å². The van der Waals surface area contributed by atoms with Crippen molar-refractivity contribution in [1.82, 2.24) is 20.1 Å². The van der Waals surface area contributed by atoms with Crippen LogP contribution in [0.2, 0.25) is 20.1 Å². The zero-order chi connectivity index (χ0) is 26.4. The lowest BCUT2D eigenvalue weighted by Gasteiger charge is -2.23. The molecule has 0 radical (unpaired) electrons. The van der Waals surface area contributed by atoms with Crippen molar-refractivity contribution in [3.8, 4) is 0 Å². The number of nitrogens with zero attached hydrogens (tertiary/aromatic N) is 3. The highest BCUT2D eigenvalue weighted by Crippen LogP contribution is 2.28. The maximum atomic E-state index is 13.0. The lowest BCUT2D eigenvalue weighted by Crippen LogP contribution is -2.34. The lowest BCUT2D eigenvalue weighted by molar-refractivity contribution is -0.113. The Morgan fingerprint density at radius 2 is 1.75 bits per heavy atom. The summed E-state index contributed by atoms with van der Waals surface area (Å²) in [5.41, 5.74) is 0.721. The number of hydrogen-bond acceptors (Lipinski definition) is 5. The van der Waals surface area contributed by atoms with Crippen LogP contribution in [0.3, 0.4) is 0 Å².